The van der Waals surface area contributed by atoms with Crippen LogP contribution in [-0.2, 0) is 14.8 Å². The van der Waals surface area contributed by atoms with Gasteiger partial charge in [-0.1, -0.05) is 36.4 Å². The van der Waals surface area contributed by atoms with Crippen LogP contribution in [0, 0.1) is 0 Å². The number of amides is 1. The first kappa shape index (κ1) is 19.7. The number of carbonyl (C=O) groups excluding carboxylic acids is 1. The molecule has 6 nitrogen and oxygen atoms in total. The highest BCUT2D eigenvalue weighted by Crippen LogP contribution is 2.23. The van der Waals surface area contributed by atoms with Crippen molar-refractivity contribution in [3.63, 3.8) is 0 Å². The molecule has 1 amide bonds. The minimum Gasteiger partial charge on any atom is -0.484 e. The SMILES string of the molecule is CCN(c1ccc(OCC(=O)Nc2cccc3ccccc23)cc1)S(C)(=O)=O. The van der Waals surface area contributed by atoms with Crippen LogP contribution in [0.5, 0.6) is 5.75 Å². The summed E-state index contributed by atoms with van der Waals surface area (Å²) >= 11 is 0. The Labute approximate surface area is 164 Å². The van der Waals surface area contributed by atoms with Crippen LogP contribution in [-0.4, -0.2) is 33.7 Å². The van der Waals surface area contributed by atoms with Crippen LogP contribution < -0.4 is 14.4 Å². The molecule has 0 heterocycles. The average molecular weight is 398 g/mol. The molecule has 28 heavy (non-hydrogen) atoms. The number of hydrogen-bond donors (Lipinski definition) is 1. The van der Waals surface area contributed by atoms with Crippen molar-refractivity contribution in [2.45, 2.75) is 6.92 Å². The standard InChI is InChI=1S/C21H22N2O4S/c1-3-23(28(2,25)26)17-11-13-18(14-12-17)27-15-21(24)22-20-10-6-8-16-7-4-5-9-19(16)20/h4-14H,3,15H2,1-2H3,(H,22,24). The zero-order valence-electron chi connectivity index (χ0n) is 15.8. The highest BCUT2D eigenvalue weighted by Gasteiger charge is 2.15. The summed E-state index contributed by atoms with van der Waals surface area (Å²) < 4.78 is 30.4. The molecule has 3 aromatic rings. The molecular formula is C21H22N2O4S. The second-order valence-corrected chi connectivity index (χ2v) is 8.19. The molecule has 0 fully saturated rings. The maximum atomic E-state index is 12.3. The van der Waals surface area contributed by atoms with Crippen LogP contribution >= 0.6 is 0 Å². The van der Waals surface area contributed by atoms with E-state index in [-0.39, 0.29) is 12.5 Å². The van der Waals surface area contributed by atoms with Gasteiger partial charge in [0.15, 0.2) is 6.61 Å². The number of rotatable bonds is 7. The Morgan fingerprint density at radius 3 is 2.36 bits per heavy atom. The van der Waals surface area contributed by atoms with Crippen LogP contribution in [0.4, 0.5) is 11.4 Å². The molecule has 3 rings (SSSR count). The van der Waals surface area contributed by atoms with E-state index in [0.717, 1.165) is 16.5 Å². The van der Waals surface area contributed by atoms with Gasteiger partial charge in [-0.3, -0.25) is 9.10 Å². The first-order valence-corrected chi connectivity index (χ1v) is 10.7. The van der Waals surface area contributed by atoms with Crippen molar-refractivity contribution < 1.29 is 17.9 Å². The Balaban J connectivity index is 1.63. The Bertz CT molecular complexity index is 1070. The molecule has 0 aromatic heterocycles. The molecule has 0 radical (unpaired) electrons. The number of sulfonamides is 1. The van der Waals surface area contributed by atoms with Crippen LogP contribution in [0.15, 0.2) is 66.7 Å². The molecule has 3 aromatic carbocycles. The zero-order chi connectivity index (χ0) is 20.1. The first-order chi connectivity index (χ1) is 13.4. The number of nitrogens with zero attached hydrogens (tertiary/aromatic N) is 1. The fourth-order valence-electron chi connectivity index (χ4n) is 2.99. The number of carbonyl (C=O) groups is 1. The van der Waals surface area contributed by atoms with Crippen LogP contribution in [0.25, 0.3) is 10.8 Å². The predicted molar refractivity (Wildman–Crippen MR) is 112 cm³/mol. The summed E-state index contributed by atoms with van der Waals surface area (Å²) in [6.07, 6.45) is 1.17. The summed E-state index contributed by atoms with van der Waals surface area (Å²) in [5, 5.41) is 4.87. The third kappa shape index (κ3) is 4.61. The molecule has 0 saturated carbocycles. The molecule has 0 aliphatic carbocycles. The molecule has 146 valence electrons. The fourth-order valence-corrected chi connectivity index (χ4v) is 3.96. The average Bonchev–Trinajstić information content (AvgIpc) is 2.67. The van der Waals surface area contributed by atoms with E-state index in [0.29, 0.717) is 18.0 Å². The van der Waals surface area contributed by atoms with Crippen molar-refractivity contribution in [2.24, 2.45) is 0 Å². The first-order valence-electron chi connectivity index (χ1n) is 8.86. The molecule has 0 atom stereocenters. The van der Waals surface area contributed by atoms with Crippen molar-refractivity contribution in [1.29, 1.82) is 0 Å². The molecule has 0 unspecified atom stereocenters. The van der Waals surface area contributed by atoms with Crippen LogP contribution in [0.2, 0.25) is 0 Å². The maximum Gasteiger partial charge on any atom is 0.262 e. The molecule has 0 saturated heterocycles. The summed E-state index contributed by atoms with van der Waals surface area (Å²) in [7, 11) is -3.33. The Kier molecular flexibility index (Phi) is 5.84. The lowest BCUT2D eigenvalue weighted by Crippen LogP contribution is -2.29. The van der Waals surface area contributed by atoms with E-state index in [1.807, 2.05) is 42.5 Å². The van der Waals surface area contributed by atoms with E-state index in [2.05, 4.69) is 5.32 Å². The van der Waals surface area contributed by atoms with E-state index in [1.165, 1.54) is 10.6 Å². The van der Waals surface area contributed by atoms with Gasteiger partial charge in [0.1, 0.15) is 5.75 Å². The van der Waals surface area contributed by atoms with Gasteiger partial charge in [0.2, 0.25) is 10.0 Å². The molecule has 7 heteroatoms. The second-order valence-electron chi connectivity index (χ2n) is 6.29. The van der Waals surface area contributed by atoms with E-state index < -0.39 is 10.0 Å². The van der Waals surface area contributed by atoms with Gasteiger partial charge in [0.05, 0.1) is 11.9 Å². The van der Waals surface area contributed by atoms with Crippen molar-refractivity contribution >= 4 is 38.1 Å². The third-order valence-electron chi connectivity index (χ3n) is 4.25. The van der Waals surface area contributed by atoms with Crippen molar-refractivity contribution in [3.05, 3.63) is 66.7 Å². The summed E-state index contributed by atoms with van der Waals surface area (Å²) in [5.41, 5.74) is 1.28. The number of nitrogens with one attached hydrogen (secondary N) is 1. The van der Waals surface area contributed by atoms with Crippen LogP contribution in [0.3, 0.4) is 0 Å². The summed E-state index contributed by atoms with van der Waals surface area (Å²) in [5.74, 6) is 0.216. The fraction of sp³-hybridized carbons (Fsp3) is 0.190. The molecule has 0 bridgehead atoms. The van der Waals surface area contributed by atoms with E-state index in [9.17, 15) is 13.2 Å². The van der Waals surface area contributed by atoms with E-state index in [1.54, 1.807) is 31.2 Å². The molecule has 1 N–H and O–H groups in total. The lowest BCUT2D eigenvalue weighted by molar-refractivity contribution is -0.118. The lowest BCUT2D eigenvalue weighted by Gasteiger charge is -2.20. The summed E-state index contributed by atoms with van der Waals surface area (Å²) in [6.45, 7) is 1.96. The Hall–Kier alpha value is -3.06. The zero-order valence-corrected chi connectivity index (χ0v) is 16.6. The number of ether oxygens (including phenoxy) is 1. The van der Waals surface area contributed by atoms with Gasteiger partial charge in [0, 0.05) is 17.6 Å². The van der Waals surface area contributed by atoms with Gasteiger partial charge in [-0.05, 0) is 42.6 Å². The Morgan fingerprint density at radius 1 is 1.00 bits per heavy atom. The van der Waals surface area contributed by atoms with Gasteiger partial charge >= 0.3 is 0 Å². The maximum absolute atomic E-state index is 12.3. The van der Waals surface area contributed by atoms with E-state index in [4.69, 9.17) is 4.74 Å². The second kappa shape index (κ2) is 8.31. The van der Waals surface area contributed by atoms with Gasteiger partial charge in [-0.15, -0.1) is 0 Å². The highest BCUT2D eigenvalue weighted by atomic mass is 32.2. The summed E-state index contributed by atoms with van der Waals surface area (Å²) in [6, 6.07) is 20.1. The van der Waals surface area contributed by atoms with E-state index >= 15 is 0 Å². The lowest BCUT2D eigenvalue weighted by atomic mass is 10.1. The van der Waals surface area contributed by atoms with Gasteiger partial charge in [-0.2, -0.15) is 0 Å². The number of anilines is 2. The van der Waals surface area contributed by atoms with Crippen molar-refractivity contribution in [1.82, 2.24) is 0 Å². The van der Waals surface area contributed by atoms with Gasteiger partial charge in [-0.25, -0.2) is 8.42 Å². The highest BCUT2D eigenvalue weighted by molar-refractivity contribution is 7.92. The largest absolute Gasteiger partial charge is 0.484 e. The van der Waals surface area contributed by atoms with Gasteiger partial charge in [0.25, 0.3) is 5.91 Å². The van der Waals surface area contributed by atoms with Crippen molar-refractivity contribution in [2.75, 3.05) is 29.0 Å². The predicted octanol–water partition coefficient (Wildman–Crippen LogP) is 3.64. The van der Waals surface area contributed by atoms with Crippen LogP contribution in [0.1, 0.15) is 6.92 Å². The number of benzene rings is 3. The van der Waals surface area contributed by atoms with Gasteiger partial charge < -0.3 is 10.1 Å². The normalized spacial score (nSPS) is 11.2. The minimum atomic E-state index is -3.33. The topological polar surface area (TPSA) is 75.7 Å². The smallest absolute Gasteiger partial charge is 0.262 e. The molecule has 0 aliphatic rings. The monoisotopic (exact) mass is 398 g/mol. The number of fused-ring (bicyclic) bond motifs is 1. The number of hydrogen-bond acceptors (Lipinski definition) is 4. The molecular weight excluding hydrogens is 376 g/mol. The van der Waals surface area contributed by atoms with Crippen molar-refractivity contribution in [3.8, 4) is 5.75 Å². The quantitative estimate of drug-likeness (QED) is 0.659. The summed E-state index contributed by atoms with van der Waals surface area (Å²) in [4.78, 5) is 12.3. The third-order valence-corrected chi connectivity index (χ3v) is 5.52. The Morgan fingerprint density at radius 2 is 1.68 bits per heavy atom. The molecule has 0 aliphatic heterocycles. The molecule has 0 spiro atoms. The minimum absolute atomic E-state index is 0.147.